The van der Waals surface area contributed by atoms with Gasteiger partial charge in [-0.1, -0.05) is 6.07 Å². The van der Waals surface area contributed by atoms with E-state index in [1.54, 1.807) is 24.3 Å². The maximum absolute atomic E-state index is 12.0. The van der Waals surface area contributed by atoms with Crippen LogP contribution in [0, 0.1) is 6.92 Å². The van der Waals surface area contributed by atoms with E-state index >= 15 is 0 Å². The molecular weight excluding hydrogens is 324 g/mol. The predicted octanol–water partition coefficient (Wildman–Crippen LogP) is 3.56. The molecule has 5 nitrogen and oxygen atoms in total. The number of hydrogen-bond donors (Lipinski definition) is 2. The van der Waals surface area contributed by atoms with Crippen molar-refractivity contribution in [3.05, 3.63) is 46.3 Å². The SMILES string of the molecule is CC(=O)Nc1ccc(C)cc1NC(=O)c1ccc(Br)o1. The highest BCUT2D eigenvalue weighted by atomic mass is 79.9. The second-order valence-corrected chi connectivity index (χ2v) is 5.07. The monoisotopic (exact) mass is 336 g/mol. The molecule has 0 bridgehead atoms. The van der Waals surface area contributed by atoms with E-state index in [-0.39, 0.29) is 17.6 Å². The van der Waals surface area contributed by atoms with Crippen molar-refractivity contribution in [2.24, 2.45) is 0 Å². The van der Waals surface area contributed by atoms with Gasteiger partial charge >= 0.3 is 0 Å². The van der Waals surface area contributed by atoms with E-state index in [9.17, 15) is 9.59 Å². The number of amides is 2. The Bertz CT molecular complexity index is 664. The van der Waals surface area contributed by atoms with Crippen LogP contribution in [-0.2, 0) is 4.79 Å². The summed E-state index contributed by atoms with van der Waals surface area (Å²) in [4.78, 5) is 23.2. The first-order valence-corrected chi connectivity index (χ1v) is 6.70. The van der Waals surface area contributed by atoms with E-state index < -0.39 is 0 Å². The summed E-state index contributed by atoms with van der Waals surface area (Å²) in [5.41, 5.74) is 2.04. The number of rotatable bonds is 3. The lowest BCUT2D eigenvalue weighted by molar-refractivity contribution is -0.114. The third-order valence-corrected chi connectivity index (χ3v) is 2.96. The van der Waals surface area contributed by atoms with Crippen LogP contribution in [0.1, 0.15) is 23.0 Å². The van der Waals surface area contributed by atoms with E-state index in [2.05, 4.69) is 26.6 Å². The number of anilines is 2. The number of halogens is 1. The maximum Gasteiger partial charge on any atom is 0.291 e. The Morgan fingerprint density at radius 3 is 2.45 bits per heavy atom. The fraction of sp³-hybridized carbons (Fsp3) is 0.143. The largest absolute Gasteiger partial charge is 0.444 e. The molecule has 0 saturated heterocycles. The Morgan fingerprint density at radius 2 is 1.85 bits per heavy atom. The van der Waals surface area contributed by atoms with Crippen molar-refractivity contribution in [1.82, 2.24) is 0 Å². The van der Waals surface area contributed by atoms with Gasteiger partial charge in [0.1, 0.15) is 0 Å². The predicted molar refractivity (Wildman–Crippen MR) is 79.8 cm³/mol. The first kappa shape index (κ1) is 14.3. The highest BCUT2D eigenvalue weighted by Crippen LogP contribution is 2.24. The molecule has 2 aromatic rings. The molecule has 2 N–H and O–H groups in total. The number of hydrogen-bond acceptors (Lipinski definition) is 3. The Balaban J connectivity index is 2.25. The molecule has 20 heavy (non-hydrogen) atoms. The minimum atomic E-state index is -0.382. The minimum absolute atomic E-state index is 0.187. The summed E-state index contributed by atoms with van der Waals surface area (Å²) in [6.07, 6.45) is 0. The first-order chi connectivity index (χ1) is 9.45. The number of carbonyl (C=O) groups is 2. The van der Waals surface area contributed by atoms with Gasteiger partial charge in [0.2, 0.25) is 5.91 Å². The van der Waals surface area contributed by atoms with Crippen LogP contribution in [0.3, 0.4) is 0 Å². The fourth-order valence-corrected chi connectivity index (χ4v) is 1.99. The van der Waals surface area contributed by atoms with E-state index in [1.807, 2.05) is 13.0 Å². The van der Waals surface area contributed by atoms with Gasteiger partial charge in [0.15, 0.2) is 10.4 Å². The second-order valence-electron chi connectivity index (χ2n) is 4.29. The molecule has 0 spiro atoms. The Kier molecular flexibility index (Phi) is 4.24. The maximum atomic E-state index is 12.0. The third-order valence-electron chi connectivity index (χ3n) is 2.53. The van der Waals surface area contributed by atoms with Crippen molar-refractivity contribution < 1.29 is 14.0 Å². The molecule has 1 aromatic heterocycles. The van der Waals surface area contributed by atoms with E-state index in [4.69, 9.17) is 4.42 Å². The molecule has 2 amide bonds. The molecular formula is C14H13BrN2O3. The van der Waals surface area contributed by atoms with Gasteiger partial charge in [0.05, 0.1) is 11.4 Å². The van der Waals surface area contributed by atoms with Crippen LogP contribution < -0.4 is 10.6 Å². The Labute approximate surface area is 124 Å². The van der Waals surface area contributed by atoms with E-state index in [1.165, 1.54) is 6.92 Å². The van der Waals surface area contributed by atoms with Crippen molar-refractivity contribution in [3.8, 4) is 0 Å². The van der Waals surface area contributed by atoms with Crippen LogP contribution in [0.5, 0.6) is 0 Å². The lowest BCUT2D eigenvalue weighted by atomic mass is 10.2. The zero-order valence-electron chi connectivity index (χ0n) is 11.0. The van der Waals surface area contributed by atoms with Gasteiger partial charge in [-0.15, -0.1) is 0 Å². The average molecular weight is 337 g/mol. The first-order valence-electron chi connectivity index (χ1n) is 5.90. The second kappa shape index (κ2) is 5.92. The van der Waals surface area contributed by atoms with Crippen LogP contribution in [0.15, 0.2) is 39.4 Å². The summed E-state index contributed by atoms with van der Waals surface area (Å²) in [5, 5.41) is 5.39. The topological polar surface area (TPSA) is 71.3 Å². The van der Waals surface area contributed by atoms with Crippen LogP contribution in [0.25, 0.3) is 0 Å². The van der Waals surface area contributed by atoms with Gasteiger partial charge in [-0.05, 0) is 52.7 Å². The Morgan fingerprint density at radius 1 is 1.10 bits per heavy atom. The van der Waals surface area contributed by atoms with Crippen LogP contribution in [0.4, 0.5) is 11.4 Å². The molecule has 0 unspecified atom stereocenters. The standard InChI is InChI=1S/C14H13BrN2O3/c1-8-3-4-10(16-9(2)18)11(7-8)17-14(19)12-5-6-13(15)20-12/h3-7H,1-2H3,(H,16,18)(H,17,19). The van der Waals surface area contributed by atoms with Gasteiger partial charge < -0.3 is 15.1 Å². The molecule has 1 aromatic carbocycles. The molecule has 0 aliphatic carbocycles. The average Bonchev–Trinajstić information content (AvgIpc) is 2.79. The molecule has 0 atom stereocenters. The number of furan rings is 1. The molecule has 0 aliphatic rings. The normalized spacial score (nSPS) is 10.2. The highest BCUT2D eigenvalue weighted by molar-refractivity contribution is 9.10. The quantitative estimate of drug-likeness (QED) is 0.900. The summed E-state index contributed by atoms with van der Waals surface area (Å²) in [5.74, 6) is -0.398. The van der Waals surface area contributed by atoms with E-state index in [0.717, 1.165) is 5.56 Å². The van der Waals surface area contributed by atoms with Crippen molar-refractivity contribution in [1.29, 1.82) is 0 Å². The smallest absolute Gasteiger partial charge is 0.291 e. The summed E-state index contributed by atoms with van der Waals surface area (Å²) in [6.45, 7) is 3.31. The third kappa shape index (κ3) is 3.48. The molecule has 6 heteroatoms. The lowest BCUT2D eigenvalue weighted by Gasteiger charge is -2.11. The lowest BCUT2D eigenvalue weighted by Crippen LogP contribution is -2.14. The summed E-state index contributed by atoms with van der Waals surface area (Å²) in [7, 11) is 0. The van der Waals surface area contributed by atoms with E-state index in [0.29, 0.717) is 16.0 Å². The van der Waals surface area contributed by atoms with Crippen molar-refractivity contribution >= 4 is 39.1 Å². The zero-order valence-corrected chi connectivity index (χ0v) is 12.6. The van der Waals surface area contributed by atoms with Crippen molar-refractivity contribution in [2.75, 3.05) is 10.6 Å². The number of carbonyl (C=O) groups excluding carboxylic acids is 2. The van der Waals surface area contributed by atoms with Crippen molar-refractivity contribution in [2.45, 2.75) is 13.8 Å². The number of nitrogens with one attached hydrogen (secondary N) is 2. The molecule has 0 fully saturated rings. The van der Waals surface area contributed by atoms with Gasteiger partial charge in [0.25, 0.3) is 5.91 Å². The van der Waals surface area contributed by atoms with Crippen molar-refractivity contribution in [3.63, 3.8) is 0 Å². The molecule has 104 valence electrons. The van der Waals surface area contributed by atoms with Gasteiger partial charge in [0, 0.05) is 6.92 Å². The highest BCUT2D eigenvalue weighted by Gasteiger charge is 2.13. The molecule has 2 rings (SSSR count). The molecule has 0 aliphatic heterocycles. The molecule has 1 heterocycles. The van der Waals surface area contributed by atoms with Crippen LogP contribution in [-0.4, -0.2) is 11.8 Å². The number of aryl methyl sites for hydroxylation is 1. The molecule has 0 saturated carbocycles. The summed E-state index contributed by atoms with van der Waals surface area (Å²) >= 11 is 3.14. The van der Waals surface area contributed by atoms with Gasteiger partial charge in [-0.2, -0.15) is 0 Å². The zero-order chi connectivity index (χ0) is 14.7. The summed E-state index contributed by atoms with van der Waals surface area (Å²) < 4.78 is 5.67. The van der Waals surface area contributed by atoms with Gasteiger partial charge in [-0.25, -0.2) is 0 Å². The Hall–Kier alpha value is -2.08. The van der Waals surface area contributed by atoms with Gasteiger partial charge in [-0.3, -0.25) is 9.59 Å². The van der Waals surface area contributed by atoms with Crippen LogP contribution >= 0.6 is 15.9 Å². The summed E-state index contributed by atoms with van der Waals surface area (Å²) in [6, 6.07) is 8.57. The molecule has 0 radical (unpaired) electrons. The number of benzene rings is 1. The minimum Gasteiger partial charge on any atom is -0.444 e. The van der Waals surface area contributed by atoms with Crippen LogP contribution in [0.2, 0.25) is 0 Å². The fourth-order valence-electron chi connectivity index (χ4n) is 1.68.